The number of hydrogen-bond acceptors (Lipinski definition) is 1. The molecule has 0 saturated heterocycles. The average molecular weight is 150 g/mol. The molecule has 2 rings (SSSR count). The van der Waals surface area contributed by atoms with E-state index in [-0.39, 0.29) is 6.10 Å². The van der Waals surface area contributed by atoms with Gasteiger partial charge < -0.3 is 5.11 Å². The lowest BCUT2D eigenvalue weighted by Gasteiger charge is -2.29. The van der Waals surface area contributed by atoms with Crippen LogP contribution in [0.25, 0.3) is 0 Å². The van der Waals surface area contributed by atoms with Gasteiger partial charge in [0.15, 0.2) is 0 Å². The molecule has 60 valence electrons. The van der Waals surface area contributed by atoms with E-state index in [2.05, 4.69) is 18.2 Å². The van der Waals surface area contributed by atoms with Crippen molar-refractivity contribution in [2.24, 2.45) is 5.92 Å². The molecule has 1 nitrogen and oxygen atoms in total. The largest absolute Gasteiger partial charge is 0.393 e. The fourth-order valence-corrected chi connectivity index (χ4v) is 2.03. The molecule has 2 aliphatic carbocycles. The molecule has 0 spiro atoms. The summed E-state index contributed by atoms with van der Waals surface area (Å²) in [6.45, 7) is 0. The molecule has 1 saturated carbocycles. The van der Waals surface area contributed by atoms with Crippen molar-refractivity contribution in [3.63, 3.8) is 0 Å². The van der Waals surface area contributed by atoms with Gasteiger partial charge in [-0.3, -0.25) is 0 Å². The van der Waals surface area contributed by atoms with Gasteiger partial charge in [-0.15, -0.1) is 0 Å². The zero-order chi connectivity index (χ0) is 7.68. The third-order valence-corrected chi connectivity index (χ3v) is 2.71. The number of hydrogen-bond donors (Lipinski definition) is 1. The van der Waals surface area contributed by atoms with Crippen LogP contribution in [0, 0.1) is 5.92 Å². The average Bonchev–Trinajstić information content (AvgIpc) is 2.04. The van der Waals surface area contributed by atoms with E-state index in [1.165, 1.54) is 18.4 Å². The van der Waals surface area contributed by atoms with Crippen LogP contribution in [0.2, 0.25) is 0 Å². The van der Waals surface area contributed by atoms with E-state index in [1.54, 1.807) is 0 Å². The normalized spacial score (nSPS) is 36.3. The second-order valence-electron chi connectivity index (χ2n) is 3.54. The first-order chi connectivity index (χ1) is 5.36. The lowest BCUT2D eigenvalue weighted by molar-refractivity contribution is 0.135. The Morgan fingerprint density at radius 3 is 3.18 bits per heavy atom. The molecular weight excluding hydrogens is 136 g/mol. The minimum Gasteiger partial charge on any atom is -0.393 e. The minimum absolute atomic E-state index is 0.0657. The second-order valence-corrected chi connectivity index (χ2v) is 3.54. The van der Waals surface area contributed by atoms with Crippen LogP contribution in [-0.2, 0) is 0 Å². The Kier molecular flexibility index (Phi) is 1.82. The predicted molar refractivity (Wildman–Crippen MR) is 45.2 cm³/mol. The van der Waals surface area contributed by atoms with Crippen molar-refractivity contribution in [2.45, 2.75) is 31.8 Å². The molecule has 0 aromatic carbocycles. The Balaban J connectivity index is 2.12. The van der Waals surface area contributed by atoms with Gasteiger partial charge in [0.1, 0.15) is 0 Å². The van der Waals surface area contributed by atoms with E-state index in [4.69, 9.17) is 0 Å². The molecule has 0 amide bonds. The number of fused-ring (bicyclic) bond motifs is 1. The van der Waals surface area contributed by atoms with Gasteiger partial charge >= 0.3 is 0 Å². The highest BCUT2D eigenvalue weighted by Crippen LogP contribution is 2.34. The van der Waals surface area contributed by atoms with Gasteiger partial charge in [-0.05, 0) is 31.6 Å². The summed E-state index contributed by atoms with van der Waals surface area (Å²) >= 11 is 0. The highest BCUT2D eigenvalue weighted by atomic mass is 16.3. The van der Waals surface area contributed by atoms with Crippen molar-refractivity contribution in [1.29, 1.82) is 0 Å². The van der Waals surface area contributed by atoms with Crippen molar-refractivity contribution in [2.75, 3.05) is 0 Å². The summed E-state index contributed by atoms with van der Waals surface area (Å²) in [6.07, 6.45) is 10.7. The molecule has 2 aliphatic rings. The molecule has 0 aromatic rings. The van der Waals surface area contributed by atoms with E-state index in [1.807, 2.05) is 0 Å². The van der Waals surface area contributed by atoms with Crippen LogP contribution in [0.1, 0.15) is 25.7 Å². The highest BCUT2D eigenvalue weighted by Gasteiger charge is 2.23. The predicted octanol–water partition coefficient (Wildman–Crippen LogP) is 2.03. The molecule has 0 aromatic heterocycles. The molecule has 11 heavy (non-hydrogen) atoms. The van der Waals surface area contributed by atoms with Crippen molar-refractivity contribution in [3.05, 3.63) is 23.8 Å². The fourth-order valence-electron chi connectivity index (χ4n) is 2.03. The third-order valence-electron chi connectivity index (χ3n) is 2.71. The summed E-state index contributed by atoms with van der Waals surface area (Å²) in [4.78, 5) is 0. The Morgan fingerprint density at radius 2 is 2.27 bits per heavy atom. The zero-order valence-electron chi connectivity index (χ0n) is 6.66. The SMILES string of the molecule is OC1CCC2CC=CC=C2C1. The van der Waals surface area contributed by atoms with Crippen LogP contribution in [0.3, 0.4) is 0 Å². The van der Waals surface area contributed by atoms with Gasteiger partial charge in [0.25, 0.3) is 0 Å². The molecule has 0 heterocycles. The van der Waals surface area contributed by atoms with Gasteiger partial charge in [0.05, 0.1) is 6.10 Å². The van der Waals surface area contributed by atoms with E-state index < -0.39 is 0 Å². The maximum absolute atomic E-state index is 9.38. The Labute approximate surface area is 67.4 Å². The van der Waals surface area contributed by atoms with Crippen molar-refractivity contribution in [1.82, 2.24) is 0 Å². The summed E-state index contributed by atoms with van der Waals surface area (Å²) < 4.78 is 0. The van der Waals surface area contributed by atoms with Crippen LogP contribution >= 0.6 is 0 Å². The first kappa shape index (κ1) is 7.11. The number of rotatable bonds is 0. The van der Waals surface area contributed by atoms with E-state index in [9.17, 15) is 5.11 Å². The maximum atomic E-state index is 9.38. The summed E-state index contributed by atoms with van der Waals surface area (Å²) in [7, 11) is 0. The molecule has 1 heteroatoms. The van der Waals surface area contributed by atoms with Crippen LogP contribution in [0.4, 0.5) is 0 Å². The summed E-state index contributed by atoms with van der Waals surface area (Å²) in [6, 6.07) is 0. The standard InChI is InChI=1S/C10H14O/c11-10-6-5-8-3-1-2-4-9(8)7-10/h1-2,4,8,10-11H,3,5-7H2. The summed E-state index contributed by atoms with van der Waals surface area (Å²) in [5.74, 6) is 0.753. The fraction of sp³-hybridized carbons (Fsp3) is 0.600. The quantitative estimate of drug-likeness (QED) is 0.560. The lowest BCUT2D eigenvalue weighted by atomic mass is 9.79. The smallest absolute Gasteiger partial charge is 0.0577 e. The van der Waals surface area contributed by atoms with E-state index in [0.717, 1.165) is 18.8 Å². The van der Waals surface area contributed by atoms with Gasteiger partial charge in [0.2, 0.25) is 0 Å². The van der Waals surface area contributed by atoms with Gasteiger partial charge in [-0.25, -0.2) is 0 Å². The van der Waals surface area contributed by atoms with E-state index in [0.29, 0.717) is 0 Å². The topological polar surface area (TPSA) is 20.2 Å². The molecule has 1 fully saturated rings. The molecule has 0 aliphatic heterocycles. The molecule has 0 bridgehead atoms. The van der Waals surface area contributed by atoms with Crippen molar-refractivity contribution >= 4 is 0 Å². The molecule has 0 radical (unpaired) electrons. The van der Waals surface area contributed by atoms with E-state index >= 15 is 0 Å². The van der Waals surface area contributed by atoms with Gasteiger partial charge in [-0.1, -0.05) is 23.8 Å². The maximum Gasteiger partial charge on any atom is 0.0577 e. The Hall–Kier alpha value is -0.560. The van der Waals surface area contributed by atoms with Gasteiger partial charge in [-0.2, -0.15) is 0 Å². The van der Waals surface area contributed by atoms with Crippen LogP contribution in [0.5, 0.6) is 0 Å². The van der Waals surface area contributed by atoms with Gasteiger partial charge in [0, 0.05) is 0 Å². The van der Waals surface area contributed by atoms with Crippen LogP contribution < -0.4 is 0 Å². The minimum atomic E-state index is -0.0657. The summed E-state index contributed by atoms with van der Waals surface area (Å²) in [5, 5.41) is 9.38. The first-order valence-corrected chi connectivity index (χ1v) is 4.40. The Bertz CT molecular complexity index is 203. The number of aliphatic hydroxyl groups is 1. The second kappa shape index (κ2) is 2.82. The summed E-state index contributed by atoms with van der Waals surface area (Å²) in [5.41, 5.74) is 1.46. The molecule has 1 N–H and O–H groups in total. The number of aliphatic hydroxyl groups excluding tert-OH is 1. The molecular formula is C10H14O. The third kappa shape index (κ3) is 1.38. The number of allylic oxidation sites excluding steroid dienone is 3. The monoisotopic (exact) mass is 150 g/mol. The Morgan fingerprint density at radius 1 is 1.36 bits per heavy atom. The van der Waals surface area contributed by atoms with Crippen LogP contribution in [0.15, 0.2) is 23.8 Å². The molecule has 2 atom stereocenters. The zero-order valence-corrected chi connectivity index (χ0v) is 6.66. The van der Waals surface area contributed by atoms with Crippen LogP contribution in [-0.4, -0.2) is 11.2 Å². The van der Waals surface area contributed by atoms with Crippen molar-refractivity contribution < 1.29 is 5.11 Å². The highest BCUT2D eigenvalue weighted by molar-refractivity contribution is 5.22. The molecule has 2 unspecified atom stereocenters. The first-order valence-electron chi connectivity index (χ1n) is 4.40. The van der Waals surface area contributed by atoms with Crippen molar-refractivity contribution in [3.8, 4) is 0 Å². The lowest BCUT2D eigenvalue weighted by Crippen LogP contribution is -2.21.